The molecule has 2 fully saturated rings. The molecular formula is C17H22FN3O3. The molecule has 2 aliphatic heterocycles. The second kappa shape index (κ2) is 6.76. The Labute approximate surface area is 140 Å². The second-order valence-electron chi connectivity index (χ2n) is 6.39. The van der Waals surface area contributed by atoms with Gasteiger partial charge in [0.1, 0.15) is 0 Å². The molecule has 2 aliphatic rings. The van der Waals surface area contributed by atoms with Crippen molar-refractivity contribution in [2.45, 2.75) is 24.9 Å². The van der Waals surface area contributed by atoms with Gasteiger partial charge in [0.15, 0.2) is 11.6 Å². The highest BCUT2D eigenvalue weighted by atomic mass is 19.1. The van der Waals surface area contributed by atoms with Crippen LogP contribution in [0, 0.1) is 5.82 Å². The van der Waals surface area contributed by atoms with Crippen LogP contribution in [0.4, 0.5) is 4.39 Å². The summed E-state index contributed by atoms with van der Waals surface area (Å²) in [4.78, 5) is 28.3. The van der Waals surface area contributed by atoms with E-state index in [4.69, 9.17) is 4.74 Å². The Bertz CT molecular complexity index is 646. The molecule has 1 aromatic rings. The van der Waals surface area contributed by atoms with Gasteiger partial charge in [0.25, 0.3) is 5.91 Å². The van der Waals surface area contributed by atoms with Gasteiger partial charge < -0.3 is 15.0 Å². The SMILES string of the molecule is COc1cc(C(=O)NC2CN(C3CCCN(C)C3=O)C2)ccc1F. The average Bonchev–Trinajstić information content (AvgIpc) is 2.54. The van der Waals surface area contributed by atoms with Gasteiger partial charge in [-0.25, -0.2) is 4.39 Å². The summed E-state index contributed by atoms with van der Waals surface area (Å²) < 4.78 is 18.3. The number of carbonyl (C=O) groups excluding carboxylic acids is 2. The van der Waals surface area contributed by atoms with Crippen molar-refractivity contribution in [2.75, 3.05) is 33.8 Å². The molecule has 0 radical (unpaired) electrons. The van der Waals surface area contributed by atoms with E-state index in [9.17, 15) is 14.0 Å². The zero-order valence-corrected chi connectivity index (χ0v) is 13.9. The third-order valence-corrected chi connectivity index (χ3v) is 4.73. The highest BCUT2D eigenvalue weighted by Crippen LogP contribution is 2.22. The van der Waals surface area contributed by atoms with E-state index in [2.05, 4.69) is 10.2 Å². The number of likely N-dealkylation sites (N-methyl/N-ethyl adjacent to an activating group) is 1. The molecule has 1 N–H and O–H groups in total. The maximum Gasteiger partial charge on any atom is 0.251 e. The van der Waals surface area contributed by atoms with Gasteiger partial charge in [0.05, 0.1) is 19.2 Å². The second-order valence-corrected chi connectivity index (χ2v) is 6.39. The number of halogens is 1. The Hall–Kier alpha value is -2.15. The highest BCUT2D eigenvalue weighted by molar-refractivity contribution is 5.95. The summed E-state index contributed by atoms with van der Waals surface area (Å²) in [5.41, 5.74) is 0.361. The topological polar surface area (TPSA) is 61.9 Å². The predicted molar refractivity (Wildman–Crippen MR) is 86.4 cm³/mol. The fourth-order valence-corrected chi connectivity index (χ4v) is 3.28. The van der Waals surface area contributed by atoms with E-state index in [0.29, 0.717) is 18.7 Å². The molecular weight excluding hydrogens is 313 g/mol. The molecule has 7 heteroatoms. The molecule has 0 aliphatic carbocycles. The molecule has 2 saturated heterocycles. The van der Waals surface area contributed by atoms with Crippen molar-refractivity contribution in [3.05, 3.63) is 29.6 Å². The number of rotatable bonds is 4. The van der Waals surface area contributed by atoms with Gasteiger partial charge in [-0.2, -0.15) is 0 Å². The van der Waals surface area contributed by atoms with Gasteiger partial charge in [-0.1, -0.05) is 0 Å². The number of hydrogen-bond acceptors (Lipinski definition) is 4. The Balaban J connectivity index is 1.54. The lowest BCUT2D eigenvalue weighted by Gasteiger charge is -2.46. The van der Waals surface area contributed by atoms with Gasteiger partial charge in [-0.05, 0) is 31.0 Å². The average molecular weight is 335 g/mol. The van der Waals surface area contributed by atoms with Crippen LogP contribution in [0.15, 0.2) is 18.2 Å². The fourth-order valence-electron chi connectivity index (χ4n) is 3.28. The van der Waals surface area contributed by atoms with Crippen molar-refractivity contribution in [3.8, 4) is 5.75 Å². The van der Waals surface area contributed by atoms with Gasteiger partial charge in [-0.3, -0.25) is 14.5 Å². The summed E-state index contributed by atoms with van der Waals surface area (Å²) in [7, 11) is 3.19. The number of ether oxygens (including phenoxy) is 1. The van der Waals surface area contributed by atoms with Crippen LogP contribution in [-0.4, -0.2) is 67.5 Å². The molecule has 6 nitrogen and oxygen atoms in total. The van der Waals surface area contributed by atoms with E-state index in [1.54, 1.807) is 4.90 Å². The van der Waals surface area contributed by atoms with E-state index in [-0.39, 0.29) is 29.6 Å². The first-order chi connectivity index (χ1) is 11.5. The summed E-state index contributed by atoms with van der Waals surface area (Å²) >= 11 is 0. The predicted octanol–water partition coefficient (Wildman–Crippen LogP) is 0.869. The molecule has 0 saturated carbocycles. The van der Waals surface area contributed by atoms with E-state index < -0.39 is 5.82 Å². The minimum absolute atomic E-state index is 0.00795. The maximum atomic E-state index is 13.4. The number of nitrogens with zero attached hydrogens (tertiary/aromatic N) is 2. The Morgan fingerprint density at radius 2 is 2.12 bits per heavy atom. The molecule has 0 bridgehead atoms. The minimum atomic E-state index is -0.496. The Morgan fingerprint density at radius 1 is 1.38 bits per heavy atom. The van der Waals surface area contributed by atoms with E-state index >= 15 is 0 Å². The van der Waals surface area contributed by atoms with Crippen molar-refractivity contribution in [3.63, 3.8) is 0 Å². The molecule has 1 unspecified atom stereocenters. The lowest BCUT2D eigenvalue weighted by Crippen LogP contribution is -2.65. The first-order valence-electron chi connectivity index (χ1n) is 8.13. The zero-order valence-electron chi connectivity index (χ0n) is 13.9. The van der Waals surface area contributed by atoms with Crippen LogP contribution in [0.2, 0.25) is 0 Å². The van der Waals surface area contributed by atoms with Crippen molar-refractivity contribution < 1.29 is 18.7 Å². The number of carbonyl (C=O) groups is 2. The van der Waals surface area contributed by atoms with Gasteiger partial charge in [0.2, 0.25) is 5.91 Å². The standard InChI is InChI=1S/C17H22FN3O3/c1-20-7-3-4-14(17(20)23)21-9-12(10-21)19-16(22)11-5-6-13(18)15(8-11)24-2/h5-6,8,12,14H,3-4,7,9-10H2,1-2H3,(H,19,22). The monoisotopic (exact) mass is 335 g/mol. The molecule has 3 rings (SSSR count). The molecule has 24 heavy (non-hydrogen) atoms. The quantitative estimate of drug-likeness (QED) is 0.887. The number of hydrogen-bond donors (Lipinski definition) is 1. The van der Waals surface area contributed by atoms with E-state index in [1.807, 2.05) is 7.05 Å². The van der Waals surface area contributed by atoms with Crippen LogP contribution in [0.5, 0.6) is 5.75 Å². The van der Waals surface area contributed by atoms with Gasteiger partial charge in [-0.15, -0.1) is 0 Å². The lowest BCUT2D eigenvalue weighted by molar-refractivity contribution is -0.141. The molecule has 2 amide bonds. The Morgan fingerprint density at radius 3 is 2.83 bits per heavy atom. The normalized spacial score (nSPS) is 22.2. The van der Waals surface area contributed by atoms with Crippen LogP contribution < -0.4 is 10.1 Å². The number of piperidine rings is 1. The number of methoxy groups -OCH3 is 1. The zero-order chi connectivity index (χ0) is 17.3. The van der Waals surface area contributed by atoms with Crippen LogP contribution >= 0.6 is 0 Å². The van der Waals surface area contributed by atoms with Crippen molar-refractivity contribution in [1.82, 2.24) is 15.1 Å². The van der Waals surface area contributed by atoms with Crippen LogP contribution in [0.25, 0.3) is 0 Å². The number of likely N-dealkylation sites (tertiary alicyclic amines) is 2. The van der Waals surface area contributed by atoms with E-state index in [1.165, 1.54) is 25.3 Å². The summed E-state index contributed by atoms with van der Waals surface area (Å²) in [6.07, 6.45) is 1.88. The third-order valence-electron chi connectivity index (χ3n) is 4.73. The van der Waals surface area contributed by atoms with Crippen molar-refractivity contribution >= 4 is 11.8 Å². The molecule has 2 heterocycles. The molecule has 0 spiro atoms. The van der Waals surface area contributed by atoms with Crippen LogP contribution in [0.3, 0.4) is 0 Å². The first-order valence-corrected chi connectivity index (χ1v) is 8.13. The first kappa shape index (κ1) is 16.7. The molecule has 0 aromatic heterocycles. The van der Waals surface area contributed by atoms with Crippen LogP contribution in [-0.2, 0) is 4.79 Å². The highest BCUT2D eigenvalue weighted by Gasteiger charge is 2.39. The largest absolute Gasteiger partial charge is 0.494 e. The van der Waals surface area contributed by atoms with Crippen LogP contribution in [0.1, 0.15) is 23.2 Å². The van der Waals surface area contributed by atoms with Crippen molar-refractivity contribution in [2.24, 2.45) is 0 Å². The molecule has 1 atom stereocenters. The van der Waals surface area contributed by atoms with Crippen molar-refractivity contribution in [1.29, 1.82) is 0 Å². The minimum Gasteiger partial charge on any atom is -0.494 e. The fraction of sp³-hybridized carbons (Fsp3) is 0.529. The molecule has 130 valence electrons. The third kappa shape index (κ3) is 3.21. The Kier molecular flexibility index (Phi) is 4.71. The molecule has 1 aromatic carbocycles. The van der Waals surface area contributed by atoms with Gasteiger partial charge >= 0.3 is 0 Å². The number of nitrogens with one attached hydrogen (secondary N) is 1. The smallest absolute Gasteiger partial charge is 0.251 e. The maximum absolute atomic E-state index is 13.4. The summed E-state index contributed by atoms with van der Waals surface area (Å²) in [5, 5.41) is 2.92. The van der Waals surface area contributed by atoms with Gasteiger partial charge in [0, 0.05) is 32.2 Å². The summed E-state index contributed by atoms with van der Waals surface area (Å²) in [6, 6.07) is 3.98. The lowest BCUT2D eigenvalue weighted by atomic mass is 9.97. The summed E-state index contributed by atoms with van der Waals surface area (Å²) in [6.45, 7) is 2.14. The van der Waals surface area contributed by atoms with E-state index in [0.717, 1.165) is 19.4 Å². The number of benzene rings is 1. The summed E-state index contributed by atoms with van der Waals surface area (Å²) in [5.74, 6) is -0.545. The number of amides is 2.